The lowest BCUT2D eigenvalue weighted by atomic mass is 10.3. The molecule has 5 heteroatoms. The first kappa shape index (κ1) is 11.3. The summed E-state index contributed by atoms with van der Waals surface area (Å²) in [7, 11) is 0. The number of nitrogens with two attached hydrogens (primary N) is 1. The largest absolute Gasteiger partial charge is 0.437 e. The number of nitrogens with zero attached hydrogens (tertiary/aromatic N) is 2. The number of ether oxygens (including phenoxy) is 1. The van der Waals surface area contributed by atoms with Crippen LogP contribution in [-0.2, 0) is 0 Å². The molecule has 0 bridgehead atoms. The van der Waals surface area contributed by atoms with Crippen molar-refractivity contribution in [1.29, 1.82) is 0 Å². The predicted octanol–water partition coefficient (Wildman–Crippen LogP) is 2.61. The van der Waals surface area contributed by atoms with Gasteiger partial charge in [0, 0.05) is 17.8 Å². The lowest BCUT2D eigenvalue weighted by Gasteiger charge is -2.08. The van der Waals surface area contributed by atoms with Crippen molar-refractivity contribution in [2.45, 2.75) is 13.8 Å². The average Bonchev–Trinajstić information content (AvgIpc) is 2.22. The molecule has 2 rings (SSSR count). The molecule has 4 nitrogen and oxygen atoms in total. The van der Waals surface area contributed by atoms with E-state index in [2.05, 4.69) is 9.97 Å². The zero-order valence-corrected chi connectivity index (χ0v) is 9.57. The van der Waals surface area contributed by atoms with Crippen LogP contribution < -0.4 is 10.5 Å². The maximum atomic E-state index is 13.0. The molecule has 1 heterocycles. The Morgan fingerprint density at radius 2 is 1.94 bits per heavy atom. The Kier molecular flexibility index (Phi) is 2.91. The van der Waals surface area contributed by atoms with Crippen molar-refractivity contribution in [3.8, 4) is 11.6 Å². The van der Waals surface area contributed by atoms with Gasteiger partial charge in [0.1, 0.15) is 11.6 Å². The SMILES string of the molecule is Cc1cc(Oc2cc(F)ccc2N)nc(C)n1. The van der Waals surface area contributed by atoms with Gasteiger partial charge in [0.25, 0.3) is 0 Å². The normalized spacial score (nSPS) is 10.3. The zero-order valence-electron chi connectivity index (χ0n) is 9.57. The minimum absolute atomic E-state index is 0.252. The lowest BCUT2D eigenvalue weighted by Crippen LogP contribution is -1.97. The Labute approximate surface area is 98.3 Å². The van der Waals surface area contributed by atoms with E-state index < -0.39 is 5.82 Å². The number of benzene rings is 1. The van der Waals surface area contributed by atoms with Gasteiger partial charge in [-0.1, -0.05) is 0 Å². The number of halogens is 1. The minimum Gasteiger partial charge on any atom is -0.437 e. The summed E-state index contributed by atoms with van der Waals surface area (Å²) < 4.78 is 18.5. The molecule has 0 aliphatic carbocycles. The summed E-state index contributed by atoms with van der Waals surface area (Å²) in [5, 5.41) is 0. The van der Waals surface area contributed by atoms with Gasteiger partial charge in [-0.25, -0.2) is 9.37 Å². The van der Waals surface area contributed by atoms with Crippen LogP contribution in [0.25, 0.3) is 0 Å². The topological polar surface area (TPSA) is 61.0 Å². The molecule has 0 aliphatic rings. The second kappa shape index (κ2) is 4.37. The molecule has 0 saturated carbocycles. The minimum atomic E-state index is -0.406. The van der Waals surface area contributed by atoms with Crippen molar-refractivity contribution in [3.63, 3.8) is 0 Å². The number of hydrogen-bond donors (Lipinski definition) is 1. The van der Waals surface area contributed by atoms with Crippen LogP contribution in [0.4, 0.5) is 10.1 Å². The van der Waals surface area contributed by atoms with E-state index in [9.17, 15) is 4.39 Å². The van der Waals surface area contributed by atoms with E-state index in [1.807, 2.05) is 6.92 Å². The van der Waals surface area contributed by atoms with Crippen LogP contribution in [0.15, 0.2) is 24.3 Å². The summed E-state index contributed by atoms with van der Waals surface area (Å²) in [6.45, 7) is 3.59. The molecule has 17 heavy (non-hydrogen) atoms. The molecule has 2 N–H and O–H groups in total. The van der Waals surface area contributed by atoms with Crippen molar-refractivity contribution in [1.82, 2.24) is 9.97 Å². The number of rotatable bonds is 2. The van der Waals surface area contributed by atoms with Gasteiger partial charge < -0.3 is 10.5 Å². The van der Waals surface area contributed by atoms with Gasteiger partial charge in [-0.15, -0.1) is 0 Å². The van der Waals surface area contributed by atoms with Crippen LogP contribution >= 0.6 is 0 Å². The number of hydrogen-bond acceptors (Lipinski definition) is 4. The molecule has 88 valence electrons. The molecule has 2 aromatic rings. The molecule has 0 saturated heterocycles. The third kappa shape index (κ3) is 2.69. The Morgan fingerprint density at radius 1 is 1.18 bits per heavy atom. The van der Waals surface area contributed by atoms with Crippen LogP contribution in [0, 0.1) is 19.7 Å². The number of aromatic nitrogens is 2. The lowest BCUT2D eigenvalue weighted by molar-refractivity contribution is 0.456. The summed E-state index contributed by atoms with van der Waals surface area (Å²) in [4.78, 5) is 8.21. The van der Waals surface area contributed by atoms with Crippen LogP contribution in [0.3, 0.4) is 0 Å². The molecular weight excluding hydrogens is 221 g/mol. The highest BCUT2D eigenvalue weighted by Crippen LogP contribution is 2.27. The average molecular weight is 233 g/mol. The third-order valence-electron chi connectivity index (χ3n) is 2.13. The predicted molar refractivity (Wildman–Crippen MR) is 62.4 cm³/mol. The summed E-state index contributed by atoms with van der Waals surface area (Å²) in [6, 6.07) is 5.61. The van der Waals surface area contributed by atoms with Crippen LogP contribution in [0.5, 0.6) is 11.6 Å². The van der Waals surface area contributed by atoms with Crippen molar-refractivity contribution >= 4 is 5.69 Å². The standard InChI is InChI=1S/C12H12FN3O/c1-7-5-12(16-8(2)15-7)17-11-6-9(13)3-4-10(11)14/h3-6H,14H2,1-2H3. The number of anilines is 1. The Bertz CT molecular complexity index is 537. The fourth-order valence-corrected chi connectivity index (χ4v) is 1.44. The van der Waals surface area contributed by atoms with E-state index in [-0.39, 0.29) is 5.75 Å². The smallest absolute Gasteiger partial charge is 0.222 e. The second-order valence-corrected chi connectivity index (χ2v) is 3.68. The monoisotopic (exact) mass is 233 g/mol. The summed E-state index contributed by atoms with van der Waals surface area (Å²) in [5.74, 6) is 0.793. The van der Waals surface area contributed by atoms with Crippen LogP contribution in [-0.4, -0.2) is 9.97 Å². The van der Waals surface area contributed by atoms with Crippen molar-refractivity contribution in [2.75, 3.05) is 5.73 Å². The van der Waals surface area contributed by atoms with Gasteiger partial charge in [-0.05, 0) is 26.0 Å². The molecule has 1 aromatic carbocycles. The van der Waals surface area contributed by atoms with Crippen molar-refractivity contribution in [2.24, 2.45) is 0 Å². The molecule has 0 radical (unpaired) electrons. The zero-order chi connectivity index (χ0) is 12.4. The van der Waals surface area contributed by atoms with E-state index in [1.165, 1.54) is 18.2 Å². The van der Waals surface area contributed by atoms with Gasteiger partial charge >= 0.3 is 0 Å². The van der Waals surface area contributed by atoms with Gasteiger partial charge in [0.15, 0.2) is 5.75 Å². The maximum absolute atomic E-state index is 13.0. The first-order valence-corrected chi connectivity index (χ1v) is 5.10. The van der Waals surface area contributed by atoms with E-state index >= 15 is 0 Å². The van der Waals surface area contributed by atoms with E-state index in [1.54, 1.807) is 13.0 Å². The summed E-state index contributed by atoms with van der Waals surface area (Å²) >= 11 is 0. The first-order valence-electron chi connectivity index (χ1n) is 5.10. The Hall–Kier alpha value is -2.17. The van der Waals surface area contributed by atoms with Crippen LogP contribution in [0.2, 0.25) is 0 Å². The molecule has 0 spiro atoms. The van der Waals surface area contributed by atoms with Gasteiger partial charge in [0.05, 0.1) is 5.69 Å². The highest BCUT2D eigenvalue weighted by molar-refractivity contribution is 5.53. The Balaban J connectivity index is 2.34. The van der Waals surface area contributed by atoms with E-state index in [4.69, 9.17) is 10.5 Å². The quantitative estimate of drug-likeness (QED) is 0.810. The second-order valence-electron chi connectivity index (χ2n) is 3.68. The fraction of sp³-hybridized carbons (Fsp3) is 0.167. The first-order chi connectivity index (χ1) is 8.04. The highest BCUT2D eigenvalue weighted by atomic mass is 19.1. The number of nitrogen functional groups attached to an aromatic ring is 1. The molecular formula is C12H12FN3O. The molecule has 0 atom stereocenters. The number of aryl methyl sites for hydroxylation is 2. The van der Waals surface area contributed by atoms with Crippen LogP contribution in [0.1, 0.15) is 11.5 Å². The molecule has 0 fully saturated rings. The van der Waals surface area contributed by atoms with Gasteiger partial charge in [0.2, 0.25) is 5.88 Å². The van der Waals surface area contributed by atoms with E-state index in [0.717, 1.165) is 5.69 Å². The van der Waals surface area contributed by atoms with Crippen molar-refractivity contribution in [3.05, 3.63) is 41.6 Å². The summed E-state index contributed by atoms with van der Waals surface area (Å²) in [5.41, 5.74) is 6.82. The van der Waals surface area contributed by atoms with E-state index in [0.29, 0.717) is 17.4 Å². The fourth-order valence-electron chi connectivity index (χ4n) is 1.44. The molecule has 0 unspecified atom stereocenters. The molecule has 0 amide bonds. The Morgan fingerprint density at radius 3 is 2.65 bits per heavy atom. The maximum Gasteiger partial charge on any atom is 0.222 e. The van der Waals surface area contributed by atoms with Gasteiger partial charge in [-0.3, -0.25) is 0 Å². The summed E-state index contributed by atoms with van der Waals surface area (Å²) in [6.07, 6.45) is 0. The molecule has 0 aliphatic heterocycles. The highest BCUT2D eigenvalue weighted by Gasteiger charge is 2.06. The third-order valence-corrected chi connectivity index (χ3v) is 2.13. The van der Waals surface area contributed by atoms with Crippen molar-refractivity contribution < 1.29 is 9.13 Å². The molecule has 1 aromatic heterocycles. The van der Waals surface area contributed by atoms with Gasteiger partial charge in [-0.2, -0.15) is 4.98 Å².